The average molecular weight is 387 g/mol. The first-order chi connectivity index (χ1) is 11.6. The van der Waals surface area contributed by atoms with Crippen LogP contribution in [0.3, 0.4) is 0 Å². The van der Waals surface area contributed by atoms with Crippen LogP contribution in [0.1, 0.15) is 35.7 Å². The second kappa shape index (κ2) is 7.95. The molecule has 0 spiro atoms. The Morgan fingerprint density at radius 3 is 2.67 bits per heavy atom. The highest BCUT2D eigenvalue weighted by Crippen LogP contribution is 2.22. The van der Waals surface area contributed by atoms with E-state index < -0.39 is 0 Å². The maximum Gasteiger partial charge on any atom is 0.255 e. The third-order valence-corrected chi connectivity index (χ3v) is 5.18. The summed E-state index contributed by atoms with van der Waals surface area (Å²) >= 11 is 3.45. The minimum Gasteiger partial charge on any atom is -0.321 e. The van der Waals surface area contributed by atoms with Crippen LogP contribution in [-0.2, 0) is 6.54 Å². The first-order valence-electron chi connectivity index (χ1n) is 8.49. The molecule has 0 saturated carbocycles. The second-order valence-electron chi connectivity index (χ2n) is 6.61. The van der Waals surface area contributed by atoms with Crippen molar-refractivity contribution in [1.82, 2.24) is 4.90 Å². The van der Waals surface area contributed by atoms with Gasteiger partial charge in [-0.1, -0.05) is 31.2 Å². The summed E-state index contributed by atoms with van der Waals surface area (Å²) in [4.78, 5) is 14.9. The number of carbonyl (C=O) groups excluding carboxylic acids is 1. The number of piperidine rings is 1. The number of hydrogen-bond acceptors (Lipinski definition) is 2. The highest BCUT2D eigenvalue weighted by molar-refractivity contribution is 9.10. The van der Waals surface area contributed by atoms with Gasteiger partial charge in [-0.3, -0.25) is 9.69 Å². The molecule has 2 aromatic rings. The molecule has 3 nitrogen and oxygen atoms in total. The van der Waals surface area contributed by atoms with E-state index in [1.54, 1.807) is 0 Å². The van der Waals surface area contributed by atoms with Crippen LogP contribution in [0.25, 0.3) is 0 Å². The van der Waals surface area contributed by atoms with Crippen LogP contribution in [-0.4, -0.2) is 23.9 Å². The van der Waals surface area contributed by atoms with Crippen LogP contribution < -0.4 is 5.32 Å². The Morgan fingerprint density at radius 1 is 1.21 bits per heavy atom. The summed E-state index contributed by atoms with van der Waals surface area (Å²) in [5, 5.41) is 2.94. The fourth-order valence-electron chi connectivity index (χ4n) is 3.21. The molecule has 1 aliphatic heterocycles. The van der Waals surface area contributed by atoms with Gasteiger partial charge in [0.25, 0.3) is 5.91 Å². The lowest BCUT2D eigenvalue weighted by molar-refractivity contribution is 0.102. The van der Waals surface area contributed by atoms with Gasteiger partial charge in [0.15, 0.2) is 0 Å². The Labute approximate surface area is 152 Å². The fraction of sp³-hybridized carbons (Fsp3) is 0.350. The standard InChI is InChI=1S/C20H23BrN2O/c1-15-5-4-12-23(13-15)14-16-8-10-17(11-9-16)20(24)22-19-7-3-2-6-18(19)21/h2-3,6-11,15H,4-5,12-14H2,1H3,(H,22,24)/t15-/m0/s1. The van der Waals surface area contributed by atoms with Gasteiger partial charge < -0.3 is 5.32 Å². The molecule has 1 atom stereocenters. The first-order valence-corrected chi connectivity index (χ1v) is 9.28. The Morgan fingerprint density at radius 2 is 1.96 bits per heavy atom. The first kappa shape index (κ1) is 17.2. The van der Waals surface area contributed by atoms with E-state index in [4.69, 9.17) is 0 Å². The molecule has 0 bridgehead atoms. The molecule has 0 unspecified atom stereocenters. The minimum absolute atomic E-state index is 0.0833. The van der Waals surface area contributed by atoms with Gasteiger partial charge in [-0.05, 0) is 71.1 Å². The lowest BCUT2D eigenvalue weighted by atomic mass is 9.99. The number of carbonyl (C=O) groups is 1. The summed E-state index contributed by atoms with van der Waals surface area (Å²) in [6.45, 7) is 5.64. The lowest BCUT2D eigenvalue weighted by Gasteiger charge is -2.30. The van der Waals surface area contributed by atoms with Crippen LogP contribution in [0.2, 0.25) is 0 Å². The molecule has 1 aliphatic rings. The number of nitrogens with zero attached hydrogens (tertiary/aromatic N) is 1. The van der Waals surface area contributed by atoms with E-state index in [0.29, 0.717) is 5.56 Å². The van der Waals surface area contributed by atoms with E-state index in [2.05, 4.69) is 45.2 Å². The molecule has 0 radical (unpaired) electrons. The Hall–Kier alpha value is -1.65. The van der Waals surface area contributed by atoms with Crippen molar-refractivity contribution in [3.63, 3.8) is 0 Å². The predicted molar refractivity (Wildman–Crippen MR) is 102 cm³/mol. The van der Waals surface area contributed by atoms with E-state index >= 15 is 0 Å². The minimum atomic E-state index is -0.0833. The molecule has 1 fully saturated rings. The van der Waals surface area contributed by atoms with Gasteiger partial charge in [0, 0.05) is 23.1 Å². The largest absolute Gasteiger partial charge is 0.321 e. The number of hydrogen-bond donors (Lipinski definition) is 1. The van der Waals surface area contributed by atoms with E-state index in [1.807, 2.05) is 36.4 Å². The molecule has 1 saturated heterocycles. The number of rotatable bonds is 4. The fourth-order valence-corrected chi connectivity index (χ4v) is 3.59. The quantitative estimate of drug-likeness (QED) is 0.807. The molecule has 1 heterocycles. The Balaban J connectivity index is 1.61. The van der Waals surface area contributed by atoms with E-state index in [1.165, 1.54) is 31.5 Å². The zero-order chi connectivity index (χ0) is 16.9. The highest BCUT2D eigenvalue weighted by Gasteiger charge is 2.16. The van der Waals surface area contributed by atoms with Crippen molar-refractivity contribution in [3.8, 4) is 0 Å². The molecule has 1 N–H and O–H groups in total. The van der Waals surface area contributed by atoms with Crippen LogP contribution in [0.4, 0.5) is 5.69 Å². The van der Waals surface area contributed by atoms with Crippen LogP contribution in [0.5, 0.6) is 0 Å². The maximum atomic E-state index is 12.4. The van der Waals surface area contributed by atoms with E-state index in [0.717, 1.165) is 22.6 Å². The number of anilines is 1. The zero-order valence-electron chi connectivity index (χ0n) is 14.0. The molecule has 126 valence electrons. The maximum absolute atomic E-state index is 12.4. The molecule has 1 amide bonds. The van der Waals surface area contributed by atoms with Gasteiger partial charge in [0.1, 0.15) is 0 Å². The lowest BCUT2D eigenvalue weighted by Crippen LogP contribution is -2.33. The van der Waals surface area contributed by atoms with Gasteiger partial charge in [0.05, 0.1) is 5.69 Å². The molecule has 24 heavy (non-hydrogen) atoms. The van der Waals surface area contributed by atoms with Crippen LogP contribution in [0.15, 0.2) is 53.0 Å². The number of halogens is 1. The monoisotopic (exact) mass is 386 g/mol. The van der Waals surface area contributed by atoms with Crippen LogP contribution >= 0.6 is 15.9 Å². The van der Waals surface area contributed by atoms with Gasteiger partial charge in [-0.2, -0.15) is 0 Å². The molecular formula is C20H23BrN2O. The van der Waals surface area contributed by atoms with E-state index in [-0.39, 0.29) is 5.91 Å². The zero-order valence-corrected chi connectivity index (χ0v) is 15.6. The summed E-state index contributed by atoms with van der Waals surface area (Å²) in [5.41, 5.74) is 2.73. The topological polar surface area (TPSA) is 32.3 Å². The normalized spacial score (nSPS) is 18.3. The Bertz CT molecular complexity index is 699. The smallest absolute Gasteiger partial charge is 0.255 e. The van der Waals surface area contributed by atoms with Crippen molar-refractivity contribution in [2.75, 3.05) is 18.4 Å². The summed E-state index contributed by atoms with van der Waals surface area (Å²) < 4.78 is 0.884. The number of para-hydroxylation sites is 1. The van der Waals surface area contributed by atoms with Crippen molar-refractivity contribution in [2.24, 2.45) is 5.92 Å². The predicted octanol–water partition coefficient (Wildman–Crippen LogP) is 4.93. The molecule has 0 aromatic heterocycles. The van der Waals surface area contributed by atoms with Crippen molar-refractivity contribution in [2.45, 2.75) is 26.3 Å². The molecule has 4 heteroatoms. The van der Waals surface area contributed by atoms with Gasteiger partial charge in [-0.25, -0.2) is 0 Å². The highest BCUT2D eigenvalue weighted by atomic mass is 79.9. The van der Waals surface area contributed by atoms with Gasteiger partial charge in [-0.15, -0.1) is 0 Å². The van der Waals surface area contributed by atoms with Crippen molar-refractivity contribution in [1.29, 1.82) is 0 Å². The van der Waals surface area contributed by atoms with Crippen molar-refractivity contribution >= 4 is 27.5 Å². The van der Waals surface area contributed by atoms with Crippen molar-refractivity contribution < 1.29 is 4.79 Å². The number of benzene rings is 2. The van der Waals surface area contributed by atoms with Gasteiger partial charge in [0.2, 0.25) is 0 Å². The summed E-state index contributed by atoms with van der Waals surface area (Å²) in [7, 11) is 0. The number of likely N-dealkylation sites (tertiary alicyclic amines) is 1. The molecule has 0 aliphatic carbocycles. The van der Waals surface area contributed by atoms with Crippen molar-refractivity contribution in [3.05, 3.63) is 64.1 Å². The number of amides is 1. The number of nitrogens with one attached hydrogen (secondary N) is 1. The molecule has 2 aromatic carbocycles. The molecular weight excluding hydrogens is 364 g/mol. The second-order valence-corrected chi connectivity index (χ2v) is 7.47. The summed E-state index contributed by atoms with van der Waals surface area (Å²) in [6.07, 6.45) is 2.62. The summed E-state index contributed by atoms with van der Waals surface area (Å²) in [5.74, 6) is 0.702. The van der Waals surface area contributed by atoms with Crippen LogP contribution in [0, 0.1) is 5.92 Å². The third-order valence-electron chi connectivity index (χ3n) is 4.49. The Kier molecular flexibility index (Phi) is 5.69. The van der Waals surface area contributed by atoms with E-state index in [9.17, 15) is 4.79 Å². The summed E-state index contributed by atoms with van der Waals surface area (Å²) in [6, 6.07) is 15.6. The third kappa shape index (κ3) is 4.46. The average Bonchev–Trinajstić information content (AvgIpc) is 2.57. The molecule has 3 rings (SSSR count). The SMILES string of the molecule is C[C@H]1CCCN(Cc2ccc(C(=O)Nc3ccccc3Br)cc2)C1. The van der Waals surface area contributed by atoms with Gasteiger partial charge >= 0.3 is 0 Å².